The number of nitrogens with two attached hydrogens (primary N) is 1. The number of anilines is 1. The quantitative estimate of drug-likeness (QED) is 0.382. The van der Waals surface area contributed by atoms with Gasteiger partial charge in [-0.1, -0.05) is 41.1 Å². The third-order valence-corrected chi connectivity index (χ3v) is 4.97. The van der Waals surface area contributed by atoms with Crippen molar-refractivity contribution in [2.45, 2.75) is 4.90 Å². The lowest BCUT2D eigenvalue weighted by atomic mass is 10.1. The van der Waals surface area contributed by atoms with Crippen LogP contribution in [0.4, 0.5) is 9.52 Å². The molecule has 2 heterocycles. The molecule has 0 radical (unpaired) electrons. The molecule has 0 bridgehead atoms. The highest BCUT2D eigenvalue weighted by atomic mass is 35.5. The molecule has 2 aromatic carbocycles. The zero-order valence-corrected chi connectivity index (χ0v) is 16.5. The van der Waals surface area contributed by atoms with E-state index in [2.05, 4.69) is 22.6 Å². The minimum absolute atomic E-state index is 0.263. The van der Waals surface area contributed by atoms with Crippen LogP contribution in [0.25, 0.3) is 21.8 Å². The zero-order chi connectivity index (χ0) is 19.2. The molecule has 0 unspecified atom stereocenters. The van der Waals surface area contributed by atoms with Crippen LogP contribution in [0.5, 0.6) is 0 Å². The van der Waals surface area contributed by atoms with Gasteiger partial charge in [0, 0.05) is 16.1 Å². The fraction of sp³-hybridized carbons (Fsp3) is 0. The Morgan fingerprint density at radius 1 is 0.963 bits per heavy atom. The summed E-state index contributed by atoms with van der Waals surface area (Å²) in [4.78, 5) is 10.4. The molecule has 0 spiro atoms. The van der Waals surface area contributed by atoms with Crippen molar-refractivity contribution >= 4 is 40.7 Å². The lowest BCUT2D eigenvalue weighted by Crippen LogP contribution is -1.87. The van der Waals surface area contributed by atoms with Crippen LogP contribution in [0.15, 0.2) is 77.8 Å². The van der Waals surface area contributed by atoms with Crippen molar-refractivity contribution in [1.82, 2.24) is 9.97 Å². The Balaban J connectivity index is 0.000000221. The minimum Gasteiger partial charge on any atom is -0.375 e. The molecule has 7 heteroatoms. The number of thiol groups is 1. The van der Waals surface area contributed by atoms with Gasteiger partial charge in [-0.25, -0.2) is 9.37 Å². The van der Waals surface area contributed by atoms with E-state index >= 15 is 0 Å². The van der Waals surface area contributed by atoms with Gasteiger partial charge in [-0.15, -0.1) is 12.6 Å². The molecular weight excluding hydrogens is 401 g/mol. The molecule has 27 heavy (non-hydrogen) atoms. The standard InChI is InChI=1S/C14H10FN3S.C6H5ClS/c15-10-6-4-9(5-7-10)13-12(18-14(16)19-13)11-3-1-2-8-17-11;7-5-1-3-6(8)4-2-5/h1-8H,(H2,16,18);1-4,8H. The summed E-state index contributed by atoms with van der Waals surface area (Å²) in [6.45, 7) is 0. The summed E-state index contributed by atoms with van der Waals surface area (Å²) in [5, 5.41) is 1.22. The van der Waals surface area contributed by atoms with Crippen LogP contribution in [0, 0.1) is 5.82 Å². The first-order valence-corrected chi connectivity index (χ1v) is 9.55. The maximum Gasteiger partial charge on any atom is 0.181 e. The van der Waals surface area contributed by atoms with E-state index in [1.165, 1.54) is 23.5 Å². The van der Waals surface area contributed by atoms with E-state index in [-0.39, 0.29) is 5.82 Å². The summed E-state index contributed by atoms with van der Waals surface area (Å²) in [7, 11) is 0. The first-order valence-electron chi connectivity index (χ1n) is 7.91. The van der Waals surface area contributed by atoms with Gasteiger partial charge in [-0.3, -0.25) is 4.98 Å². The maximum atomic E-state index is 13.0. The van der Waals surface area contributed by atoms with Crippen molar-refractivity contribution in [3.63, 3.8) is 0 Å². The number of rotatable bonds is 2. The minimum atomic E-state index is -0.263. The van der Waals surface area contributed by atoms with E-state index < -0.39 is 0 Å². The number of pyridine rings is 1. The summed E-state index contributed by atoms with van der Waals surface area (Å²) >= 11 is 11.0. The summed E-state index contributed by atoms with van der Waals surface area (Å²) in [5.41, 5.74) is 8.17. The summed E-state index contributed by atoms with van der Waals surface area (Å²) in [6, 6.07) is 19.2. The van der Waals surface area contributed by atoms with Crippen LogP contribution in [-0.4, -0.2) is 9.97 Å². The summed E-state index contributed by atoms with van der Waals surface area (Å²) in [5.74, 6) is -0.263. The Bertz CT molecular complexity index is 983. The van der Waals surface area contributed by atoms with Gasteiger partial charge in [0.25, 0.3) is 0 Å². The van der Waals surface area contributed by atoms with Gasteiger partial charge in [-0.05, 0) is 54.1 Å². The van der Waals surface area contributed by atoms with E-state index in [1.54, 1.807) is 18.3 Å². The lowest BCUT2D eigenvalue weighted by Gasteiger charge is -2.01. The third-order valence-electron chi connectivity index (χ3n) is 3.48. The Labute approximate surface area is 171 Å². The van der Waals surface area contributed by atoms with Crippen LogP contribution < -0.4 is 5.73 Å². The lowest BCUT2D eigenvalue weighted by molar-refractivity contribution is 0.628. The van der Waals surface area contributed by atoms with E-state index in [9.17, 15) is 4.39 Å². The second-order valence-corrected chi connectivity index (χ2v) is 7.41. The molecule has 0 aliphatic rings. The fourth-order valence-corrected chi connectivity index (χ4v) is 3.37. The van der Waals surface area contributed by atoms with E-state index in [1.807, 2.05) is 42.5 Å². The smallest absolute Gasteiger partial charge is 0.181 e. The molecule has 0 aliphatic heterocycles. The number of aromatic nitrogens is 2. The number of benzene rings is 2. The summed E-state index contributed by atoms with van der Waals surface area (Å²) in [6.07, 6.45) is 1.71. The van der Waals surface area contributed by atoms with Crippen molar-refractivity contribution in [1.29, 1.82) is 0 Å². The number of thiazole rings is 1. The zero-order valence-electron chi connectivity index (χ0n) is 14.0. The highest BCUT2D eigenvalue weighted by Crippen LogP contribution is 2.37. The monoisotopic (exact) mass is 415 g/mol. The second kappa shape index (κ2) is 8.99. The van der Waals surface area contributed by atoms with Gasteiger partial charge < -0.3 is 5.73 Å². The average Bonchev–Trinajstić information content (AvgIpc) is 3.08. The highest BCUT2D eigenvalue weighted by Gasteiger charge is 2.14. The molecule has 2 aromatic heterocycles. The second-order valence-electron chi connectivity index (χ2n) is 5.43. The highest BCUT2D eigenvalue weighted by molar-refractivity contribution is 7.80. The Morgan fingerprint density at radius 2 is 1.67 bits per heavy atom. The largest absolute Gasteiger partial charge is 0.375 e. The third kappa shape index (κ3) is 5.29. The molecule has 0 fully saturated rings. The first-order chi connectivity index (χ1) is 13.0. The number of nitrogen functional groups attached to an aromatic ring is 1. The van der Waals surface area contributed by atoms with Crippen LogP contribution in [-0.2, 0) is 0 Å². The SMILES string of the molecule is Nc1nc(-c2ccccn2)c(-c2ccc(F)cc2)s1.Sc1ccc(Cl)cc1. The molecule has 4 rings (SSSR count). The van der Waals surface area contributed by atoms with Gasteiger partial charge >= 0.3 is 0 Å². The topological polar surface area (TPSA) is 51.8 Å². The summed E-state index contributed by atoms with van der Waals surface area (Å²) < 4.78 is 13.0. The van der Waals surface area contributed by atoms with E-state index in [4.69, 9.17) is 17.3 Å². The van der Waals surface area contributed by atoms with Crippen LogP contribution in [0.3, 0.4) is 0 Å². The number of nitrogens with zero attached hydrogens (tertiary/aromatic N) is 2. The number of halogens is 2. The molecule has 136 valence electrons. The van der Waals surface area contributed by atoms with E-state index in [0.717, 1.165) is 31.7 Å². The predicted molar refractivity (Wildman–Crippen MR) is 114 cm³/mol. The molecular formula is C20H15ClFN3S2. The van der Waals surface area contributed by atoms with Crippen molar-refractivity contribution in [3.8, 4) is 21.8 Å². The van der Waals surface area contributed by atoms with Crippen molar-refractivity contribution in [2.24, 2.45) is 0 Å². The Kier molecular flexibility index (Phi) is 6.45. The maximum absolute atomic E-state index is 13.0. The number of hydrogen-bond acceptors (Lipinski definition) is 5. The molecule has 3 nitrogen and oxygen atoms in total. The van der Waals surface area contributed by atoms with Gasteiger partial charge in [0.1, 0.15) is 11.5 Å². The molecule has 0 aliphatic carbocycles. The molecule has 0 saturated heterocycles. The Hall–Kier alpha value is -2.41. The Morgan fingerprint density at radius 3 is 2.26 bits per heavy atom. The average molecular weight is 416 g/mol. The van der Waals surface area contributed by atoms with Gasteiger partial charge in [0.15, 0.2) is 5.13 Å². The molecule has 0 saturated carbocycles. The number of hydrogen-bond donors (Lipinski definition) is 2. The van der Waals surface area contributed by atoms with Gasteiger partial charge in [-0.2, -0.15) is 0 Å². The molecule has 2 N–H and O–H groups in total. The van der Waals surface area contributed by atoms with Gasteiger partial charge in [0.2, 0.25) is 0 Å². The van der Waals surface area contributed by atoms with Crippen molar-refractivity contribution < 1.29 is 4.39 Å². The van der Waals surface area contributed by atoms with Crippen molar-refractivity contribution in [2.75, 3.05) is 5.73 Å². The molecule has 4 aromatic rings. The molecule has 0 atom stereocenters. The normalized spacial score (nSPS) is 10.2. The van der Waals surface area contributed by atoms with Crippen LogP contribution in [0.1, 0.15) is 0 Å². The van der Waals surface area contributed by atoms with Crippen molar-refractivity contribution in [3.05, 3.63) is 83.8 Å². The van der Waals surface area contributed by atoms with Crippen LogP contribution >= 0.6 is 35.6 Å². The first kappa shape index (κ1) is 19.4. The van der Waals surface area contributed by atoms with Crippen LogP contribution in [0.2, 0.25) is 5.02 Å². The fourth-order valence-electron chi connectivity index (χ4n) is 2.25. The predicted octanol–water partition coefficient (Wildman–Crippen LogP) is 6.22. The van der Waals surface area contributed by atoms with E-state index in [0.29, 0.717) is 5.13 Å². The molecule has 0 amide bonds. The van der Waals surface area contributed by atoms with Gasteiger partial charge in [0.05, 0.1) is 10.6 Å².